The molecule has 0 aliphatic rings. The Hall–Kier alpha value is -2.40. The van der Waals surface area contributed by atoms with E-state index in [1.54, 1.807) is 31.2 Å². The summed E-state index contributed by atoms with van der Waals surface area (Å²) in [6, 6.07) is 9.55. The average molecular weight is 319 g/mol. The quantitative estimate of drug-likeness (QED) is 0.672. The zero-order chi connectivity index (χ0) is 16.3. The molecular weight excluding hydrogens is 304 g/mol. The predicted molar refractivity (Wildman–Crippen MR) is 86.6 cm³/mol. The third-order valence-electron chi connectivity index (χ3n) is 3.32. The van der Waals surface area contributed by atoms with Crippen molar-refractivity contribution < 1.29 is 9.72 Å². The second-order valence-electron chi connectivity index (χ2n) is 4.87. The van der Waals surface area contributed by atoms with E-state index in [1.807, 2.05) is 6.92 Å². The van der Waals surface area contributed by atoms with Gasteiger partial charge in [-0.2, -0.15) is 0 Å². The summed E-state index contributed by atoms with van der Waals surface area (Å²) in [6.07, 6.45) is 0.577. The van der Waals surface area contributed by atoms with E-state index >= 15 is 0 Å². The zero-order valence-corrected chi connectivity index (χ0v) is 13.0. The monoisotopic (exact) mass is 318 g/mol. The smallest absolute Gasteiger partial charge is 0.270 e. The highest BCUT2D eigenvalue weighted by molar-refractivity contribution is 6.31. The molecule has 22 heavy (non-hydrogen) atoms. The van der Waals surface area contributed by atoms with E-state index in [2.05, 4.69) is 5.32 Å². The number of halogens is 1. The first kappa shape index (κ1) is 16.0. The summed E-state index contributed by atoms with van der Waals surface area (Å²) in [5, 5.41) is 14.2. The summed E-state index contributed by atoms with van der Waals surface area (Å²) < 4.78 is 0. The van der Waals surface area contributed by atoms with Gasteiger partial charge in [-0.05, 0) is 42.7 Å². The van der Waals surface area contributed by atoms with E-state index < -0.39 is 4.92 Å². The fourth-order valence-corrected chi connectivity index (χ4v) is 2.41. The lowest BCUT2D eigenvalue weighted by atomic mass is 10.0. The molecule has 0 saturated carbocycles. The fraction of sp³-hybridized carbons (Fsp3) is 0.188. The molecule has 0 fully saturated rings. The summed E-state index contributed by atoms with van der Waals surface area (Å²) in [4.78, 5) is 22.8. The maximum absolute atomic E-state index is 12.3. The molecule has 5 nitrogen and oxygen atoms in total. The van der Waals surface area contributed by atoms with Gasteiger partial charge in [-0.15, -0.1) is 0 Å². The molecule has 0 saturated heterocycles. The minimum atomic E-state index is -0.436. The van der Waals surface area contributed by atoms with Crippen molar-refractivity contribution in [3.63, 3.8) is 0 Å². The van der Waals surface area contributed by atoms with Gasteiger partial charge in [-0.3, -0.25) is 14.9 Å². The van der Waals surface area contributed by atoms with E-state index in [4.69, 9.17) is 11.6 Å². The lowest BCUT2D eigenvalue weighted by molar-refractivity contribution is -0.384. The SMILES string of the molecule is CCc1cc([N+](=O)[O-])cc(C)c1NC(=O)c1cccc(Cl)c1. The van der Waals surface area contributed by atoms with Crippen LogP contribution in [0.25, 0.3) is 0 Å². The van der Waals surface area contributed by atoms with Crippen LogP contribution in [0.1, 0.15) is 28.4 Å². The molecule has 6 heteroatoms. The van der Waals surface area contributed by atoms with Crippen LogP contribution >= 0.6 is 11.6 Å². The summed E-state index contributed by atoms with van der Waals surface area (Å²) in [5.41, 5.74) is 2.45. The summed E-state index contributed by atoms with van der Waals surface area (Å²) >= 11 is 5.88. The van der Waals surface area contributed by atoms with E-state index in [1.165, 1.54) is 12.1 Å². The second-order valence-corrected chi connectivity index (χ2v) is 5.31. The van der Waals surface area contributed by atoms with Crippen molar-refractivity contribution in [2.24, 2.45) is 0 Å². The fourth-order valence-electron chi connectivity index (χ4n) is 2.22. The number of amides is 1. The molecule has 0 heterocycles. The number of benzene rings is 2. The first-order chi connectivity index (χ1) is 10.4. The Kier molecular flexibility index (Phi) is 4.78. The number of nitro groups is 1. The maximum Gasteiger partial charge on any atom is 0.270 e. The van der Waals surface area contributed by atoms with Crippen molar-refractivity contribution in [3.8, 4) is 0 Å². The van der Waals surface area contributed by atoms with Crippen LogP contribution < -0.4 is 5.32 Å². The van der Waals surface area contributed by atoms with E-state index in [0.29, 0.717) is 28.3 Å². The molecule has 1 amide bonds. The van der Waals surface area contributed by atoms with Crippen LogP contribution in [0.2, 0.25) is 5.02 Å². The van der Waals surface area contributed by atoms with E-state index in [9.17, 15) is 14.9 Å². The molecule has 0 spiro atoms. The molecule has 114 valence electrons. The first-order valence-electron chi connectivity index (χ1n) is 6.77. The Balaban J connectivity index is 2.37. The third kappa shape index (κ3) is 3.43. The number of carbonyl (C=O) groups excluding carboxylic acids is 1. The van der Waals surface area contributed by atoms with E-state index in [0.717, 1.165) is 5.56 Å². The van der Waals surface area contributed by atoms with Gasteiger partial charge in [-0.25, -0.2) is 0 Å². The minimum Gasteiger partial charge on any atom is -0.321 e. The minimum absolute atomic E-state index is 0.0232. The Morgan fingerprint density at radius 2 is 2.05 bits per heavy atom. The Morgan fingerprint density at radius 3 is 2.64 bits per heavy atom. The number of hydrogen-bond acceptors (Lipinski definition) is 3. The van der Waals surface area contributed by atoms with Gasteiger partial charge in [0.15, 0.2) is 0 Å². The van der Waals surface area contributed by atoms with Gasteiger partial charge in [0.25, 0.3) is 11.6 Å². The Morgan fingerprint density at radius 1 is 1.32 bits per heavy atom. The van der Waals surface area contributed by atoms with Gasteiger partial charge in [0.05, 0.1) is 4.92 Å². The zero-order valence-electron chi connectivity index (χ0n) is 12.2. The Bertz CT molecular complexity index is 744. The van der Waals surface area contributed by atoms with Crippen LogP contribution in [0.5, 0.6) is 0 Å². The van der Waals surface area contributed by atoms with Crippen LogP contribution in [0.3, 0.4) is 0 Å². The van der Waals surface area contributed by atoms with Crippen LogP contribution in [-0.4, -0.2) is 10.8 Å². The number of nitrogens with one attached hydrogen (secondary N) is 1. The highest BCUT2D eigenvalue weighted by Crippen LogP contribution is 2.28. The van der Waals surface area contributed by atoms with Crippen LogP contribution in [0, 0.1) is 17.0 Å². The molecule has 0 bridgehead atoms. The number of aryl methyl sites for hydroxylation is 2. The Labute approximate surface area is 133 Å². The van der Waals surface area contributed by atoms with Crippen molar-refractivity contribution in [1.29, 1.82) is 0 Å². The normalized spacial score (nSPS) is 10.3. The molecule has 0 atom stereocenters. The van der Waals surface area contributed by atoms with Gasteiger partial charge in [0.2, 0.25) is 0 Å². The van der Waals surface area contributed by atoms with Crippen molar-refractivity contribution in [2.75, 3.05) is 5.32 Å². The van der Waals surface area contributed by atoms with Gasteiger partial charge < -0.3 is 5.32 Å². The lowest BCUT2D eigenvalue weighted by Gasteiger charge is -2.13. The third-order valence-corrected chi connectivity index (χ3v) is 3.55. The number of carbonyl (C=O) groups is 1. The van der Waals surface area contributed by atoms with Crippen LogP contribution in [-0.2, 0) is 6.42 Å². The number of anilines is 1. The lowest BCUT2D eigenvalue weighted by Crippen LogP contribution is -2.14. The average Bonchev–Trinajstić information content (AvgIpc) is 2.48. The maximum atomic E-state index is 12.3. The highest BCUT2D eigenvalue weighted by Gasteiger charge is 2.16. The molecule has 0 unspecified atom stereocenters. The molecule has 1 N–H and O–H groups in total. The molecule has 0 aliphatic carbocycles. The van der Waals surface area contributed by atoms with Crippen LogP contribution in [0.15, 0.2) is 36.4 Å². The molecule has 0 aromatic heterocycles. The van der Waals surface area contributed by atoms with Crippen molar-refractivity contribution in [2.45, 2.75) is 20.3 Å². The number of nitrogens with zero attached hydrogens (tertiary/aromatic N) is 1. The second kappa shape index (κ2) is 6.58. The van der Waals surface area contributed by atoms with Gasteiger partial charge in [-0.1, -0.05) is 24.6 Å². The van der Waals surface area contributed by atoms with Crippen molar-refractivity contribution in [3.05, 3.63) is 68.2 Å². The number of non-ortho nitro benzene ring substituents is 1. The van der Waals surface area contributed by atoms with Gasteiger partial charge >= 0.3 is 0 Å². The van der Waals surface area contributed by atoms with Crippen molar-refractivity contribution >= 4 is 28.9 Å². The molecule has 2 aromatic carbocycles. The van der Waals surface area contributed by atoms with Crippen molar-refractivity contribution in [1.82, 2.24) is 0 Å². The standard InChI is InChI=1S/C16H15ClN2O3/c1-3-11-9-14(19(21)22)7-10(2)15(11)18-16(20)12-5-4-6-13(17)8-12/h4-9H,3H2,1-2H3,(H,18,20). The molecule has 2 aromatic rings. The summed E-state index contributed by atoms with van der Waals surface area (Å²) in [7, 11) is 0. The number of nitro benzene ring substituents is 1. The molecular formula is C16H15ClN2O3. The van der Waals surface area contributed by atoms with Crippen LogP contribution in [0.4, 0.5) is 11.4 Å². The highest BCUT2D eigenvalue weighted by atomic mass is 35.5. The molecule has 0 radical (unpaired) electrons. The molecule has 2 rings (SSSR count). The summed E-state index contributed by atoms with van der Waals surface area (Å²) in [6.45, 7) is 3.62. The predicted octanol–water partition coefficient (Wildman–Crippen LogP) is 4.37. The number of rotatable bonds is 4. The molecule has 0 aliphatic heterocycles. The topological polar surface area (TPSA) is 72.2 Å². The largest absolute Gasteiger partial charge is 0.321 e. The first-order valence-corrected chi connectivity index (χ1v) is 7.15. The summed E-state index contributed by atoms with van der Waals surface area (Å²) in [5.74, 6) is -0.297. The van der Waals surface area contributed by atoms with Gasteiger partial charge in [0, 0.05) is 28.4 Å². The van der Waals surface area contributed by atoms with E-state index in [-0.39, 0.29) is 11.6 Å². The van der Waals surface area contributed by atoms with Gasteiger partial charge in [0.1, 0.15) is 0 Å². The number of hydrogen-bond donors (Lipinski definition) is 1.